The second-order valence-electron chi connectivity index (χ2n) is 6.89. The summed E-state index contributed by atoms with van der Waals surface area (Å²) in [6, 6.07) is 10.1. The van der Waals surface area contributed by atoms with Crippen LogP contribution in [0.3, 0.4) is 0 Å². The molecule has 0 saturated carbocycles. The largest absolute Gasteiger partial charge is 0.347 e. The fourth-order valence-electron chi connectivity index (χ4n) is 3.84. The number of ether oxygens (including phenoxy) is 2. The maximum Gasteiger partial charge on any atom is 0.225 e. The van der Waals surface area contributed by atoms with Crippen LogP contribution in [0.25, 0.3) is 0 Å². The number of piperidine rings is 1. The Balaban J connectivity index is 1.47. The van der Waals surface area contributed by atoms with Gasteiger partial charge in [0.15, 0.2) is 5.79 Å². The lowest BCUT2D eigenvalue weighted by Crippen LogP contribution is -2.47. The monoisotopic (exact) mass is 358 g/mol. The number of benzene rings is 1. The van der Waals surface area contributed by atoms with Crippen LogP contribution >= 0.6 is 0 Å². The summed E-state index contributed by atoms with van der Waals surface area (Å²) in [6.45, 7) is 2.51. The zero-order valence-electron chi connectivity index (χ0n) is 14.6. The molecule has 0 radical (unpaired) electrons. The summed E-state index contributed by atoms with van der Waals surface area (Å²) in [5.74, 6) is -0.706. The standard InChI is InChI=1S/C20H23FN2O3/c21-17-5-3-4-16(14-17)18(22-8-1-2-9-22)15-19(24)23-10-6-20(7-11-23)25-12-13-26-20/h1-5,8-9,14,18H,6-7,10-13,15H2/t18-/m0/s1. The minimum atomic E-state index is -0.487. The molecule has 1 aromatic heterocycles. The summed E-state index contributed by atoms with van der Waals surface area (Å²) in [7, 11) is 0. The molecular weight excluding hydrogens is 335 g/mol. The van der Waals surface area contributed by atoms with Gasteiger partial charge in [-0.25, -0.2) is 4.39 Å². The van der Waals surface area contributed by atoms with Crippen molar-refractivity contribution in [3.05, 3.63) is 60.2 Å². The molecule has 1 spiro atoms. The maximum absolute atomic E-state index is 13.7. The molecule has 4 rings (SSSR count). The Labute approximate surface area is 152 Å². The van der Waals surface area contributed by atoms with E-state index in [9.17, 15) is 9.18 Å². The number of rotatable bonds is 4. The summed E-state index contributed by atoms with van der Waals surface area (Å²) in [5, 5.41) is 0. The molecule has 1 atom stereocenters. The van der Waals surface area contributed by atoms with Crippen molar-refractivity contribution in [3.8, 4) is 0 Å². The van der Waals surface area contributed by atoms with Gasteiger partial charge in [0.05, 0.1) is 25.7 Å². The van der Waals surface area contributed by atoms with Crippen molar-refractivity contribution >= 4 is 5.91 Å². The van der Waals surface area contributed by atoms with Crippen molar-refractivity contribution in [1.29, 1.82) is 0 Å². The lowest BCUT2D eigenvalue weighted by Gasteiger charge is -2.38. The molecule has 3 heterocycles. The maximum atomic E-state index is 13.7. The zero-order chi connectivity index (χ0) is 18.0. The van der Waals surface area contributed by atoms with Crippen LogP contribution < -0.4 is 0 Å². The van der Waals surface area contributed by atoms with Gasteiger partial charge in [-0.3, -0.25) is 4.79 Å². The first kappa shape index (κ1) is 17.2. The van der Waals surface area contributed by atoms with E-state index < -0.39 is 5.79 Å². The second-order valence-corrected chi connectivity index (χ2v) is 6.89. The molecule has 2 fully saturated rings. The fraction of sp³-hybridized carbons (Fsp3) is 0.450. The SMILES string of the molecule is O=C(C[C@@H](c1cccc(F)c1)n1cccc1)N1CCC2(CC1)OCCO2. The summed E-state index contributed by atoms with van der Waals surface area (Å²) >= 11 is 0. The third kappa shape index (κ3) is 3.52. The molecule has 5 nitrogen and oxygen atoms in total. The molecule has 0 unspecified atom stereocenters. The van der Waals surface area contributed by atoms with Crippen LogP contribution in [0.4, 0.5) is 4.39 Å². The number of carbonyl (C=O) groups is 1. The summed E-state index contributed by atoms with van der Waals surface area (Å²) < 4.78 is 27.1. The molecule has 2 aliphatic rings. The number of hydrogen-bond acceptors (Lipinski definition) is 3. The van der Waals surface area contributed by atoms with Gasteiger partial charge < -0.3 is 18.9 Å². The molecule has 0 aliphatic carbocycles. The van der Waals surface area contributed by atoms with E-state index in [1.807, 2.05) is 40.1 Å². The number of aromatic nitrogens is 1. The van der Waals surface area contributed by atoms with Crippen molar-refractivity contribution in [1.82, 2.24) is 9.47 Å². The van der Waals surface area contributed by atoms with Crippen molar-refractivity contribution < 1.29 is 18.7 Å². The normalized spacial score (nSPS) is 20.4. The Bertz CT molecular complexity index is 746. The van der Waals surface area contributed by atoms with Crippen LogP contribution in [0.1, 0.15) is 30.9 Å². The van der Waals surface area contributed by atoms with E-state index in [0.717, 1.165) is 5.56 Å². The zero-order valence-corrected chi connectivity index (χ0v) is 14.6. The summed E-state index contributed by atoms with van der Waals surface area (Å²) in [6.07, 6.45) is 5.52. The molecule has 2 saturated heterocycles. The molecule has 6 heteroatoms. The van der Waals surface area contributed by atoms with E-state index in [4.69, 9.17) is 9.47 Å². The third-order valence-electron chi connectivity index (χ3n) is 5.28. The molecule has 1 aromatic carbocycles. The van der Waals surface area contributed by atoms with Crippen molar-refractivity contribution in [2.24, 2.45) is 0 Å². The van der Waals surface area contributed by atoms with Crippen LogP contribution in [0, 0.1) is 5.82 Å². The first-order valence-corrected chi connectivity index (χ1v) is 9.09. The van der Waals surface area contributed by atoms with E-state index in [1.54, 1.807) is 6.07 Å². The van der Waals surface area contributed by atoms with Gasteiger partial charge in [0.25, 0.3) is 0 Å². The van der Waals surface area contributed by atoms with Gasteiger partial charge in [0.1, 0.15) is 5.82 Å². The van der Waals surface area contributed by atoms with E-state index in [2.05, 4.69) is 0 Å². The molecule has 26 heavy (non-hydrogen) atoms. The van der Waals surface area contributed by atoms with Gasteiger partial charge in [-0.2, -0.15) is 0 Å². The van der Waals surface area contributed by atoms with Crippen LogP contribution in [0.2, 0.25) is 0 Å². The van der Waals surface area contributed by atoms with E-state index >= 15 is 0 Å². The highest BCUT2D eigenvalue weighted by Gasteiger charge is 2.41. The Kier molecular flexibility index (Phi) is 4.78. The Morgan fingerprint density at radius 2 is 1.81 bits per heavy atom. The van der Waals surface area contributed by atoms with Crippen molar-refractivity contribution in [3.63, 3.8) is 0 Å². The number of carbonyl (C=O) groups excluding carboxylic acids is 1. The van der Waals surface area contributed by atoms with Gasteiger partial charge in [-0.15, -0.1) is 0 Å². The van der Waals surface area contributed by atoms with Crippen molar-refractivity contribution in [2.75, 3.05) is 26.3 Å². The van der Waals surface area contributed by atoms with Crippen molar-refractivity contribution in [2.45, 2.75) is 31.1 Å². The first-order chi connectivity index (χ1) is 12.7. The number of amides is 1. The fourth-order valence-corrected chi connectivity index (χ4v) is 3.84. The number of halogens is 1. The smallest absolute Gasteiger partial charge is 0.225 e. The molecule has 0 bridgehead atoms. The van der Waals surface area contributed by atoms with Crippen LogP contribution in [-0.4, -0.2) is 47.5 Å². The quantitative estimate of drug-likeness (QED) is 0.844. The van der Waals surface area contributed by atoms with Gasteiger partial charge >= 0.3 is 0 Å². The number of likely N-dealkylation sites (tertiary alicyclic amines) is 1. The lowest BCUT2D eigenvalue weighted by molar-refractivity contribution is -0.187. The highest BCUT2D eigenvalue weighted by molar-refractivity contribution is 5.77. The van der Waals surface area contributed by atoms with Gasteiger partial charge in [0.2, 0.25) is 5.91 Å². The van der Waals surface area contributed by atoms with Crippen LogP contribution in [-0.2, 0) is 14.3 Å². The summed E-state index contributed by atoms with van der Waals surface area (Å²) in [5.41, 5.74) is 0.797. The predicted molar refractivity (Wildman–Crippen MR) is 94.0 cm³/mol. The lowest BCUT2D eigenvalue weighted by atomic mass is 10.00. The highest BCUT2D eigenvalue weighted by atomic mass is 19.1. The molecule has 0 N–H and O–H groups in total. The number of nitrogens with zero attached hydrogens (tertiary/aromatic N) is 2. The van der Waals surface area contributed by atoms with Gasteiger partial charge in [-0.05, 0) is 29.8 Å². The van der Waals surface area contributed by atoms with E-state index in [-0.39, 0.29) is 17.8 Å². The molecule has 138 valence electrons. The number of hydrogen-bond donors (Lipinski definition) is 0. The van der Waals surface area contributed by atoms with Crippen LogP contribution in [0.15, 0.2) is 48.8 Å². The Hall–Kier alpha value is -2.18. The molecule has 2 aromatic rings. The third-order valence-corrected chi connectivity index (χ3v) is 5.28. The minimum absolute atomic E-state index is 0.0702. The molecule has 1 amide bonds. The predicted octanol–water partition coefficient (Wildman–Crippen LogP) is 2.97. The Morgan fingerprint density at radius 3 is 2.46 bits per heavy atom. The van der Waals surface area contributed by atoms with E-state index in [1.165, 1.54) is 12.1 Å². The average Bonchev–Trinajstić information content (AvgIpc) is 3.33. The first-order valence-electron chi connectivity index (χ1n) is 9.09. The van der Waals surface area contributed by atoms with E-state index in [0.29, 0.717) is 45.6 Å². The van der Waals surface area contributed by atoms with Crippen LogP contribution in [0.5, 0.6) is 0 Å². The molecule has 2 aliphatic heterocycles. The topological polar surface area (TPSA) is 43.7 Å². The minimum Gasteiger partial charge on any atom is -0.347 e. The van der Waals surface area contributed by atoms with Gasteiger partial charge in [0, 0.05) is 38.3 Å². The Morgan fingerprint density at radius 1 is 1.12 bits per heavy atom. The summed E-state index contributed by atoms with van der Waals surface area (Å²) in [4.78, 5) is 14.8. The molecular formula is C20H23FN2O3. The second kappa shape index (κ2) is 7.21. The highest BCUT2D eigenvalue weighted by Crippen LogP contribution is 2.32. The van der Waals surface area contributed by atoms with Gasteiger partial charge in [-0.1, -0.05) is 12.1 Å². The average molecular weight is 358 g/mol.